The largest absolute Gasteiger partial charge is 0.493 e. The highest BCUT2D eigenvalue weighted by Crippen LogP contribution is 2.38. The summed E-state index contributed by atoms with van der Waals surface area (Å²) in [7, 11) is 6.44. The standard InChI is InChI=1S/C40H45ClFN5O4/c1-44(39(48)31-24-36(49-2)38(51-4)37(25-31)50-3)27-30(29-9-7-10-32(41)23-29)17-20-45-18-8-19-46(22-21-45)40-43-34-11-5-6-12-35(34)47(40)26-28-13-15-33(42)16-14-28/h5-7,9-16,23-25,30H,8,17-22,26-27H2,1-4H3. The van der Waals surface area contributed by atoms with Crippen LogP contribution >= 0.6 is 11.6 Å². The lowest BCUT2D eigenvalue weighted by Crippen LogP contribution is -2.35. The summed E-state index contributed by atoms with van der Waals surface area (Å²) in [5.41, 5.74) is 4.59. The summed E-state index contributed by atoms with van der Waals surface area (Å²) in [6.07, 6.45) is 1.83. The zero-order valence-corrected chi connectivity index (χ0v) is 30.4. The van der Waals surface area contributed by atoms with Gasteiger partial charge in [-0.05, 0) is 85.6 Å². The third-order valence-electron chi connectivity index (χ3n) is 9.63. The monoisotopic (exact) mass is 713 g/mol. The summed E-state index contributed by atoms with van der Waals surface area (Å²) < 4.78 is 32.4. The molecule has 1 aliphatic heterocycles. The zero-order valence-electron chi connectivity index (χ0n) is 29.6. The van der Waals surface area contributed by atoms with Crippen LogP contribution in [0.3, 0.4) is 0 Å². The second-order valence-electron chi connectivity index (χ2n) is 12.9. The van der Waals surface area contributed by atoms with Crippen LogP contribution in [0.1, 0.15) is 40.2 Å². The van der Waals surface area contributed by atoms with Crippen molar-refractivity contribution in [1.82, 2.24) is 19.4 Å². The molecule has 0 saturated carbocycles. The van der Waals surface area contributed by atoms with Gasteiger partial charge in [0.25, 0.3) is 5.91 Å². The van der Waals surface area contributed by atoms with E-state index in [2.05, 4.69) is 26.5 Å². The number of hydrogen-bond acceptors (Lipinski definition) is 7. The van der Waals surface area contributed by atoms with Crippen molar-refractivity contribution in [1.29, 1.82) is 0 Å². The van der Waals surface area contributed by atoms with Crippen molar-refractivity contribution in [3.8, 4) is 17.2 Å². The van der Waals surface area contributed by atoms with E-state index in [-0.39, 0.29) is 17.6 Å². The fourth-order valence-electron chi connectivity index (χ4n) is 6.93. The predicted octanol–water partition coefficient (Wildman–Crippen LogP) is 7.36. The number of methoxy groups -OCH3 is 3. The molecule has 51 heavy (non-hydrogen) atoms. The highest BCUT2D eigenvalue weighted by atomic mass is 35.5. The molecule has 1 aromatic heterocycles. The maximum absolute atomic E-state index is 13.8. The third kappa shape index (κ3) is 8.40. The normalized spacial score (nSPS) is 14.3. The van der Waals surface area contributed by atoms with E-state index in [1.54, 1.807) is 17.0 Å². The molecule has 0 radical (unpaired) electrons. The molecular weight excluding hydrogens is 669 g/mol. The fraction of sp³-hybridized carbons (Fsp3) is 0.350. The van der Waals surface area contributed by atoms with E-state index in [0.29, 0.717) is 40.9 Å². The maximum atomic E-state index is 13.8. The first-order chi connectivity index (χ1) is 24.8. The van der Waals surface area contributed by atoms with E-state index in [4.69, 9.17) is 30.8 Å². The summed E-state index contributed by atoms with van der Waals surface area (Å²) in [6.45, 7) is 5.52. The highest BCUT2D eigenvalue weighted by molar-refractivity contribution is 6.30. The van der Waals surface area contributed by atoms with Gasteiger partial charge < -0.3 is 33.5 Å². The Morgan fingerprint density at radius 3 is 2.35 bits per heavy atom. The lowest BCUT2D eigenvalue weighted by Gasteiger charge is -2.28. The van der Waals surface area contributed by atoms with Gasteiger partial charge in [0.1, 0.15) is 5.82 Å². The number of benzene rings is 4. The Labute approximate surface area is 304 Å². The van der Waals surface area contributed by atoms with Crippen LogP contribution in [0.4, 0.5) is 10.3 Å². The number of rotatable bonds is 13. The van der Waals surface area contributed by atoms with Crippen molar-refractivity contribution in [3.63, 3.8) is 0 Å². The fourth-order valence-corrected chi connectivity index (χ4v) is 7.13. The van der Waals surface area contributed by atoms with Crippen LogP contribution in [0, 0.1) is 5.82 Å². The summed E-state index contributed by atoms with van der Waals surface area (Å²) in [5.74, 6) is 1.91. The van der Waals surface area contributed by atoms with Crippen molar-refractivity contribution in [3.05, 3.63) is 112 Å². The second-order valence-corrected chi connectivity index (χ2v) is 13.4. The highest BCUT2D eigenvalue weighted by Gasteiger charge is 2.25. The summed E-state index contributed by atoms with van der Waals surface area (Å²) in [5, 5.41) is 0.671. The van der Waals surface area contributed by atoms with E-state index in [1.807, 2.05) is 55.6 Å². The number of amides is 1. The molecule has 268 valence electrons. The first-order valence-corrected chi connectivity index (χ1v) is 17.6. The molecule has 1 fully saturated rings. The Bertz CT molecular complexity index is 1930. The van der Waals surface area contributed by atoms with Crippen molar-refractivity contribution < 1.29 is 23.4 Å². The number of para-hydroxylation sites is 2. The van der Waals surface area contributed by atoms with Crippen LogP contribution in [0.25, 0.3) is 11.0 Å². The Balaban J connectivity index is 1.16. The molecule has 1 aliphatic rings. The lowest BCUT2D eigenvalue weighted by molar-refractivity contribution is 0.0782. The van der Waals surface area contributed by atoms with Crippen LogP contribution in [0.2, 0.25) is 5.02 Å². The molecule has 0 aliphatic carbocycles. The van der Waals surface area contributed by atoms with E-state index in [9.17, 15) is 9.18 Å². The molecule has 0 N–H and O–H groups in total. The van der Waals surface area contributed by atoms with Crippen LogP contribution in [-0.2, 0) is 6.54 Å². The van der Waals surface area contributed by atoms with Gasteiger partial charge in [0.2, 0.25) is 11.7 Å². The van der Waals surface area contributed by atoms with Gasteiger partial charge in [-0.25, -0.2) is 9.37 Å². The molecule has 4 aromatic carbocycles. The van der Waals surface area contributed by atoms with Gasteiger partial charge in [0.15, 0.2) is 11.5 Å². The molecule has 1 amide bonds. The quantitative estimate of drug-likeness (QED) is 0.126. The van der Waals surface area contributed by atoms with Gasteiger partial charge in [-0.1, -0.05) is 48.0 Å². The van der Waals surface area contributed by atoms with Gasteiger partial charge in [-0.2, -0.15) is 0 Å². The van der Waals surface area contributed by atoms with Crippen molar-refractivity contribution >= 4 is 34.5 Å². The number of carbonyl (C=O) groups excluding carboxylic acids is 1. The number of halogens is 2. The van der Waals surface area contributed by atoms with Crippen LogP contribution < -0.4 is 19.1 Å². The van der Waals surface area contributed by atoms with Crippen LogP contribution in [0.15, 0.2) is 84.9 Å². The average molecular weight is 714 g/mol. The molecule has 1 atom stereocenters. The number of carbonyl (C=O) groups is 1. The number of ether oxygens (including phenoxy) is 3. The Kier molecular flexibility index (Phi) is 11.6. The van der Waals surface area contributed by atoms with Gasteiger partial charge in [-0.3, -0.25) is 4.79 Å². The zero-order chi connectivity index (χ0) is 35.9. The minimum absolute atomic E-state index is 0.0546. The number of likely N-dealkylation sites (N-methyl/N-ethyl adjacent to an activating group) is 1. The SMILES string of the molecule is COc1cc(C(=O)N(C)CC(CCN2CCCN(c3nc4ccccc4n3Cc3ccc(F)cc3)CC2)c2cccc(Cl)c2)cc(OC)c1OC. The second kappa shape index (κ2) is 16.5. The predicted molar refractivity (Wildman–Crippen MR) is 200 cm³/mol. The van der Waals surface area contributed by atoms with E-state index in [0.717, 1.165) is 73.7 Å². The van der Waals surface area contributed by atoms with Gasteiger partial charge in [0, 0.05) is 49.7 Å². The van der Waals surface area contributed by atoms with Crippen LogP contribution in [0.5, 0.6) is 17.2 Å². The average Bonchev–Trinajstić information content (AvgIpc) is 3.33. The minimum Gasteiger partial charge on any atom is -0.493 e. The summed E-state index contributed by atoms with van der Waals surface area (Å²) in [4.78, 5) is 25.5. The number of hydrogen-bond donors (Lipinski definition) is 0. The van der Waals surface area contributed by atoms with Gasteiger partial charge in [-0.15, -0.1) is 0 Å². The molecule has 0 spiro atoms. The molecular formula is C40H45ClFN5O4. The number of nitrogens with zero attached hydrogens (tertiary/aromatic N) is 5. The van der Waals surface area contributed by atoms with Crippen LogP contribution in [-0.4, -0.2) is 92.9 Å². The molecule has 1 saturated heterocycles. The maximum Gasteiger partial charge on any atom is 0.253 e. The van der Waals surface area contributed by atoms with E-state index in [1.165, 1.54) is 33.5 Å². The molecule has 2 heterocycles. The smallest absolute Gasteiger partial charge is 0.253 e. The topological polar surface area (TPSA) is 72.3 Å². The van der Waals surface area contributed by atoms with E-state index < -0.39 is 0 Å². The first-order valence-electron chi connectivity index (χ1n) is 17.3. The Hall–Kier alpha value is -4.80. The van der Waals surface area contributed by atoms with E-state index >= 15 is 0 Å². The lowest BCUT2D eigenvalue weighted by atomic mass is 9.94. The Morgan fingerprint density at radius 2 is 1.65 bits per heavy atom. The number of imidazole rings is 1. The van der Waals surface area contributed by atoms with Crippen molar-refractivity contribution in [2.75, 3.05) is 72.5 Å². The molecule has 0 bridgehead atoms. The van der Waals surface area contributed by atoms with Crippen molar-refractivity contribution in [2.24, 2.45) is 0 Å². The number of anilines is 1. The molecule has 9 nitrogen and oxygen atoms in total. The minimum atomic E-state index is -0.239. The molecule has 6 rings (SSSR count). The number of fused-ring (bicyclic) bond motifs is 1. The molecule has 5 aromatic rings. The van der Waals surface area contributed by atoms with Crippen molar-refractivity contribution in [2.45, 2.75) is 25.3 Å². The van der Waals surface area contributed by atoms with Gasteiger partial charge >= 0.3 is 0 Å². The first kappa shape index (κ1) is 36.0. The van der Waals surface area contributed by atoms with Gasteiger partial charge in [0.05, 0.1) is 38.9 Å². The third-order valence-corrected chi connectivity index (χ3v) is 9.86. The summed E-state index contributed by atoms with van der Waals surface area (Å²) in [6, 6.07) is 26.2. The summed E-state index contributed by atoms with van der Waals surface area (Å²) >= 11 is 6.46. The molecule has 11 heteroatoms. The number of aromatic nitrogens is 2. The Morgan fingerprint density at radius 1 is 0.902 bits per heavy atom. The molecule has 1 unspecified atom stereocenters.